The SMILES string of the molecule is Cc1ccccc1-c1c(C2CCC2)ccc2c1[nH]c1c2ccc2c1c1ccccc1n2-c1ccccc1. The Hall–Kier alpha value is -4.30. The number of hydrogen-bond acceptors (Lipinski definition) is 0. The molecule has 1 fully saturated rings. The second kappa shape index (κ2) is 7.85. The maximum absolute atomic E-state index is 4.00. The number of hydrogen-bond donors (Lipinski definition) is 1. The molecular weight excluding hydrogens is 448 g/mol. The number of benzene rings is 5. The third-order valence-electron chi connectivity index (χ3n) is 8.59. The van der Waals surface area contributed by atoms with Gasteiger partial charge in [-0.05, 0) is 66.6 Å². The van der Waals surface area contributed by atoms with Crippen LogP contribution in [0.25, 0.3) is 60.4 Å². The zero-order valence-electron chi connectivity index (χ0n) is 21.0. The van der Waals surface area contributed by atoms with Crippen molar-refractivity contribution in [3.8, 4) is 16.8 Å². The first kappa shape index (κ1) is 20.8. The normalized spacial score (nSPS) is 14.2. The lowest BCUT2D eigenvalue weighted by molar-refractivity contribution is 0.421. The minimum atomic E-state index is 0.658. The van der Waals surface area contributed by atoms with Gasteiger partial charge in [-0.15, -0.1) is 0 Å². The summed E-state index contributed by atoms with van der Waals surface area (Å²) in [6.07, 6.45) is 3.92. The number of fused-ring (bicyclic) bond motifs is 7. The summed E-state index contributed by atoms with van der Waals surface area (Å²) in [7, 11) is 0. The Kier molecular flexibility index (Phi) is 4.42. The number of H-pyrrole nitrogens is 1. The molecule has 0 radical (unpaired) electrons. The number of para-hydroxylation sites is 2. The monoisotopic (exact) mass is 476 g/mol. The fraction of sp³-hybridized carbons (Fsp3) is 0.143. The third-order valence-corrected chi connectivity index (χ3v) is 8.59. The average Bonchev–Trinajstić information content (AvgIpc) is 3.44. The van der Waals surface area contributed by atoms with Gasteiger partial charge in [0.15, 0.2) is 0 Å². The minimum Gasteiger partial charge on any atom is -0.353 e. The van der Waals surface area contributed by atoms with Gasteiger partial charge in [-0.1, -0.05) is 85.3 Å². The number of nitrogens with one attached hydrogen (secondary N) is 1. The van der Waals surface area contributed by atoms with Crippen LogP contribution in [0.15, 0.2) is 103 Å². The molecule has 0 atom stereocenters. The van der Waals surface area contributed by atoms with E-state index in [9.17, 15) is 0 Å². The Balaban J connectivity index is 1.53. The minimum absolute atomic E-state index is 0.658. The molecule has 2 nitrogen and oxygen atoms in total. The molecule has 0 saturated heterocycles. The Labute approximate surface area is 216 Å². The van der Waals surface area contributed by atoms with E-state index in [0.717, 1.165) is 0 Å². The van der Waals surface area contributed by atoms with Crippen molar-refractivity contribution in [3.05, 3.63) is 114 Å². The van der Waals surface area contributed by atoms with Crippen molar-refractivity contribution < 1.29 is 0 Å². The maximum Gasteiger partial charge on any atom is 0.0566 e. The van der Waals surface area contributed by atoms with Crippen molar-refractivity contribution >= 4 is 43.6 Å². The smallest absolute Gasteiger partial charge is 0.0566 e. The van der Waals surface area contributed by atoms with Crippen LogP contribution in [-0.4, -0.2) is 9.55 Å². The summed E-state index contributed by atoms with van der Waals surface area (Å²) in [5.41, 5.74) is 11.8. The van der Waals surface area contributed by atoms with Gasteiger partial charge in [0.05, 0.1) is 22.1 Å². The summed E-state index contributed by atoms with van der Waals surface area (Å²) in [5.74, 6) is 0.658. The summed E-state index contributed by atoms with van der Waals surface area (Å²) in [5, 5.41) is 5.20. The molecule has 7 aromatic rings. The van der Waals surface area contributed by atoms with E-state index in [4.69, 9.17) is 0 Å². The molecule has 5 aromatic carbocycles. The first-order valence-electron chi connectivity index (χ1n) is 13.4. The summed E-state index contributed by atoms with van der Waals surface area (Å²) >= 11 is 0. The molecule has 0 bridgehead atoms. The summed E-state index contributed by atoms with van der Waals surface area (Å²) in [4.78, 5) is 4.00. The molecule has 0 spiro atoms. The first-order valence-corrected chi connectivity index (χ1v) is 13.4. The van der Waals surface area contributed by atoms with Gasteiger partial charge in [0.25, 0.3) is 0 Å². The number of aromatic nitrogens is 2. The van der Waals surface area contributed by atoms with Crippen molar-refractivity contribution in [1.29, 1.82) is 0 Å². The lowest BCUT2D eigenvalue weighted by Crippen LogP contribution is -2.10. The molecule has 1 saturated carbocycles. The van der Waals surface area contributed by atoms with Gasteiger partial charge in [0, 0.05) is 32.8 Å². The molecule has 37 heavy (non-hydrogen) atoms. The highest BCUT2D eigenvalue weighted by atomic mass is 15.0. The van der Waals surface area contributed by atoms with Crippen LogP contribution in [-0.2, 0) is 0 Å². The maximum atomic E-state index is 4.00. The van der Waals surface area contributed by atoms with Gasteiger partial charge in [0.2, 0.25) is 0 Å². The van der Waals surface area contributed by atoms with Crippen LogP contribution in [0.2, 0.25) is 0 Å². The first-order chi connectivity index (χ1) is 18.3. The lowest BCUT2D eigenvalue weighted by atomic mass is 9.76. The zero-order valence-corrected chi connectivity index (χ0v) is 21.0. The van der Waals surface area contributed by atoms with Gasteiger partial charge in [0.1, 0.15) is 0 Å². The van der Waals surface area contributed by atoms with Crippen molar-refractivity contribution in [2.45, 2.75) is 32.1 Å². The number of rotatable bonds is 3. The van der Waals surface area contributed by atoms with Gasteiger partial charge < -0.3 is 9.55 Å². The Morgan fingerprint density at radius 2 is 1.38 bits per heavy atom. The average molecular weight is 477 g/mol. The van der Waals surface area contributed by atoms with Crippen LogP contribution in [0, 0.1) is 6.92 Å². The van der Waals surface area contributed by atoms with Crippen molar-refractivity contribution in [1.82, 2.24) is 9.55 Å². The number of nitrogens with zero attached hydrogens (tertiary/aromatic N) is 1. The quantitative estimate of drug-likeness (QED) is 0.262. The van der Waals surface area contributed by atoms with Crippen LogP contribution in [0.1, 0.15) is 36.3 Å². The van der Waals surface area contributed by atoms with E-state index < -0.39 is 0 Å². The third kappa shape index (κ3) is 2.93. The molecule has 2 heteroatoms. The molecule has 1 N–H and O–H groups in total. The van der Waals surface area contributed by atoms with E-state index in [-0.39, 0.29) is 0 Å². The highest BCUT2D eigenvalue weighted by molar-refractivity contribution is 6.26. The van der Waals surface area contributed by atoms with Crippen LogP contribution in [0.5, 0.6) is 0 Å². The topological polar surface area (TPSA) is 20.7 Å². The molecule has 1 aliphatic rings. The van der Waals surface area contributed by atoms with E-state index in [1.54, 1.807) is 0 Å². The van der Waals surface area contributed by atoms with Gasteiger partial charge >= 0.3 is 0 Å². The largest absolute Gasteiger partial charge is 0.353 e. The fourth-order valence-electron chi connectivity index (χ4n) is 6.57. The van der Waals surface area contributed by atoms with Crippen LogP contribution >= 0.6 is 0 Å². The van der Waals surface area contributed by atoms with E-state index >= 15 is 0 Å². The van der Waals surface area contributed by atoms with E-state index in [1.165, 1.54) is 90.8 Å². The predicted molar refractivity (Wildman–Crippen MR) is 157 cm³/mol. The second-order valence-corrected chi connectivity index (χ2v) is 10.6. The summed E-state index contributed by atoms with van der Waals surface area (Å²) in [6, 6.07) is 37.8. The van der Waals surface area contributed by atoms with E-state index in [0.29, 0.717) is 5.92 Å². The summed E-state index contributed by atoms with van der Waals surface area (Å²) < 4.78 is 2.40. The van der Waals surface area contributed by atoms with Crippen LogP contribution < -0.4 is 0 Å². The number of aryl methyl sites for hydroxylation is 1. The molecule has 178 valence electrons. The van der Waals surface area contributed by atoms with Crippen molar-refractivity contribution in [3.63, 3.8) is 0 Å². The van der Waals surface area contributed by atoms with E-state index in [1.807, 2.05) is 0 Å². The predicted octanol–water partition coefficient (Wildman–Crippen LogP) is 9.66. The van der Waals surface area contributed by atoms with Gasteiger partial charge in [-0.25, -0.2) is 0 Å². The fourth-order valence-corrected chi connectivity index (χ4v) is 6.57. The molecular formula is C35H28N2. The molecule has 0 aliphatic heterocycles. The number of aromatic amines is 1. The second-order valence-electron chi connectivity index (χ2n) is 10.6. The molecule has 8 rings (SSSR count). The molecule has 0 amide bonds. The molecule has 2 aromatic heterocycles. The highest BCUT2D eigenvalue weighted by Gasteiger charge is 2.26. The Morgan fingerprint density at radius 1 is 0.649 bits per heavy atom. The van der Waals surface area contributed by atoms with E-state index in [2.05, 4.69) is 120 Å². The van der Waals surface area contributed by atoms with Crippen LogP contribution in [0.3, 0.4) is 0 Å². The van der Waals surface area contributed by atoms with Crippen molar-refractivity contribution in [2.24, 2.45) is 0 Å². The molecule has 2 heterocycles. The molecule has 1 aliphatic carbocycles. The van der Waals surface area contributed by atoms with Gasteiger partial charge in [-0.3, -0.25) is 0 Å². The molecule has 0 unspecified atom stereocenters. The highest BCUT2D eigenvalue weighted by Crippen LogP contribution is 2.47. The Morgan fingerprint density at radius 3 is 2.19 bits per heavy atom. The standard InChI is InChI=1S/C35H28N2/c1-22-10-5-6-15-25(22)32-26(23-11-9-12-23)18-19-27-28-20-21-31-33(35(28)36-34(27)32)29-16-7-8-17-30(29)37(31)24-13-3-2-4-14-24/h2-8,10,13-21,23,36H,9,11-12H2,1H3. The Bertz CT molecular complexity index is 1970. The lowest BCUT2D eigenvalue weighted by Gasteiger charge is -2.28. The van der Waals surface area contributed by atoms with Gasteiger partial charge in [-0.2, -0.15) is 0 Å². The summed E-state index contributed by atoms with van der Waals surface area (Å²) in [6.45, 7) is 2.24. The van der Waals surface area contributed by atoms with Crippen LogP contribution in [0.4, 0.5) is 0 Å². The zero-order chi connectivity index (χ0) is 24.5. The van der Waals surface area contributed by atoms with Crippen molar-refractivity contribution in [2.75, 3.05) is 0 Å².